The Balaban J connectivity index is 1.83. The summed E-state index contributed by atoms with van der Waals surface area (Å²) in [5, 5.41) is 2.76. The smallest absolute Gasteiger partial charge is 0.351 e. The molecule has 0 bridgehead atoms. The predicted molar refractivity (Wildman–Crippen MR) is 84.0 cm³/mol. The number of aromatic nitrogens is 4. The first-order chi connectivity index (χ1) is 11.8. The normalized spacial score (nSPS) is 15.1. The van der Waals surface area contributed by atoms with E-state index in [1.807, 2.05) is 0 Å². The molecular weight excluding hydrogens is 335 g/mol. The van der Waals surface area contributed by atoms with E-state index in [1.54, 1.807) is 11.6 Å². The molecule has 0 spiro atoms. The van der Waals surface area contributed by atoms with Gasteiger partial charge in [-0.05, 0) is 31.0 Å². The van der Waals surface area contributed by atoms with Gasteiger partial charge in [0.05, 0.1) is 16.6 Å². The van der Waals surface area contributed by atoms with Gasteiger partial charge < -0.3 is 14.9 Å². The molecule has 3 heterocycles. The Kier molecular flexibility index (Phi) is 3.34. The van der Waals surface area contributed by atoms with Crippen molar-refractivity contribution in [3.05, 3.63) is 35.2 Å². The van der Waals surface area contributed by atoms with Crippen molar-refractivity contribution in [3.63, 3.8) is 0 Å². The second-order valence-corrected chi connectivity index (χ2v) is 5.97. The van der Waals surface area contributed by atoms with Gasteiger partial charge in [0.2, 0.25) is 0 Å². The molecule has 1 aromatic carbocycles. The first-order valence-electron chi connectivity index (χ1n) is 7.76. The number of hydrogen-bond acceptors (Lipinski definition) is 3. The zero-order valence-electron chi connectivity index (χ0n) is 13.2. The largest absolute Gasteiger partial charge is 0.416 e. The monoisotopic (exact) mass is 349 g/mol. The van der Waals surface area contributed by atoms with Gasteiger partial charge in [-0.3, -0.25) is 4.79 Å². The lowest BCUT2D eigenvalue weighted by molar-refractivity contribution is -0.137. The van der Waals surface area contributed by atoms with E-state index < -0.39 is 11.7 Å². The summed E-state index contributed by atoms with van der Waals surface area (Å²) >= 11 is 0. The number of fused-ring (bicyclic) bond motifs is 2. The molecule has 4 rings (SSSR count). The molecule has 0 unspecified atom stereocenters. The molecular formula is C16H14F3N5O. The number of imidazole rings is 2. The van der Waals surface area contributed by atoms with Crippen LogP contribution in [0, 0.1) is 0 Å². The summed E-state index contributed by atoms with van der Waals surface area (Å²) in [5.41, 5.74) is 1.06. The number of aryl methyl sites for hydroxylation is 2. The van der Waals surface area contributed by atoms with Crippen LogP contribution in [0.1, 0.15) is 28.2 Å². The van der Waals surface area contributed by atoms with Crippen LogP contribution in [0.25, 0.3) is 22.7 Å². The topological polar surface area (TPSA) is 75.6 Å². The molecule has 0 saturated carbocycles. The number of rotatable bonds is 1. The van der Waals surface area contributed by atoms with Crippen LogP contribution in [-0.4, -0.2) is 32.0 Å². The molecule has 0 saturated heterocycles. The SMILES string of the molecule is Cn1c(-c2nc3c([nH]2)CCCNC3=O)nc2cc(C(F)(F)F)ccc21. The van der Waals surface area contributed by atoms with E-state index in [0.717, 1.165) is 18.6 Å². The molecule has 2 aromatic heterocycles. The molecule has 9 heteroatoms. The van der Waals surface area contributed by atoms with Gasteiger partial charge in [-0.15, -0.1) is 0 Å². The van der Waals surface area contributed by atoms with Crippen LogP contribution in [0.3, 0.4) is 0 Å². The van der Waals surface area contributed by atoms with Gasteiger partial charge in [-0.1, -0.05) is 0 Å². The second-order valence-electron chi connectivity index (χ2n) is 5.97. The van der Waals surface area contributed by atoms with Crippen LogP contribution in [0.4, 0.5) is 13.2 Å². The fourth-order valence-corrected chi connectivity index (χ4v) is 3.02. The molecule has 0 aliphatic carbocycles. The zero-order valence-corrected chi connectivity index (χ0v) is 13.2. The summed E-state index contributed by atoms with van der Waals surface area (Å²) in [5.74, 6) is 0.498. The molecule has 1 aliphatic rings. The number of benzene rings is 1. The lowest BCUT2D eigenvalue weighted by Gasteiger charge is -2.05. The average molecular weight is 349 g/mol. The van der Waals surface area contributed by atoms with E-state index in [-0.39, 0.29) is 11.4 Å². The third kappa shape index (κ3) is 2.55. The second kappa shape index (κ2) is 5.33. The Morgan fingerprint density at radius 2 is 2.04 bits per heavy atom. The van der Waals surface area contributed by atoms with Gasteiger partial charge >= 0.3 is 6.18 Å². The van der Waals surface area contributed by atoms with E-state index in [9.17, 15) is 18.0 Å². The highest BCUT2D eigenvalue weighted by Crippen LogP contribution is 2.32. The molecule has 1 aliphatic heterocycles. The number of nitrogens with one attached hydrogen (secondary N) is 2. The number of aromatic amines is 1. The highest BCUT2D eigenvalue weighted by Gasteiger charge is 2.31. The first-order valence-corrected chi connectivity index (χ1v) is 7.76. The molecule has 130 valence electrons. The Morgan fingerprint density at radius 1 is 1.24 bits per heavy atom. The molecule has 1 amide bonds. The fourth-order valence-electron chi connectivity index (χ4n) is 3.02. The fraction of sp³-hybridized carbons (Fsp3) is 0.312. The number of halogens is 3. The van der Waals surface area contributed by atoms with Gasteiger partial charge in [0.25, 0.3) is 5.91 Å². The summed E-state index contributed by atoms with van der Waals surface area (Å²) in [6, 6.07) is 3.42. The number of H-pyrrole nitrogens is 1. The highest BCUT2D eigenvalue weighted by atomic mass is 19.4. The van der Waals surface area contributed by atoms with E-state index in [1.165, 1.54) is 6.07 Å². The zero-order chi connectivity index (χ0) is 17.8. The summed E-state index contributed by atoms with van der Waals surface area (Å²) in [6.45, 7) is 0.588. The predicted octanol–water partition coefficient (Wildman–Crippen LogP) is 2.66. The van der Waals surface area contributed by atoms with Crippen LogP contribution in [0.15, 0.2) is 18.2 Å². The maximum atomic E-state index is 12.9. The Bertz CT molecular complexity index is 986. The van der Waals surface area contributed by atoms with Gasteiger partial charge in [-0.25, -0.2) is 9.97 Å². The standard InChI is InChI=1S/C16H14F3N5O/c1-24-11-5-4-8(16(17,18)19)7-10(11)22-14(24)13-21-9-3-2-6-20-15(25)12(9)23-13/h4-5,7H,2-3,6H2,1H3,(H,20,25)(H,21,23). The minimum atomic E-state index is -4.42. The molecule has 2 N–H and O–H groups in total. The summed E-state index contributed by atoms with van der Waals surface area (Å²) in [7, 11) is 1.70. The van der Waals surface area contributed by atoms with Crippen molar-refractivity contribution >= 4 is 16.9 Å². The molecule has 25 heavy (non-hydrogen) atoms. The molecule has 0 fully saturated rings. The maximum Gasteiger partial charge on any atom is 0.416 e. The lowest BCUT2D eigenvalue weighted by atomic mass is 10.2. The van der Waals surface area contributed by atoms with Gasteiger partial charge in [0, 0.05) is 19.3 Å². The van der Waals surface area contributed by atoms with Gasteiger partial charge in [0.15, 0.2) is 11.6 Å². The van der Waals surface area contributed by atoms with Crippen molar-refractivity contribution < 1.29 is 18.0 Å². The van der Waals surface area contributed by atoms with Crippen LogP contribution in [0.2, 0.25) is 0 Å². The van der Waals surface area contributed by atoms with Crippen molar-refractivity contribution in [1.82, 2.24) is 24.8 Å². The van der Waals surface area contributed by atoms with E-state index >= 15 is 0 Å². The van der Waals surface area contributed by atoms with Crippen molar-refractivity contribution in [2.45, 2.75) is 19.0 Å². The minimum absolute atomic E-state index is 0.225. The van der Waals surface area contributed by atoms with Crippen LogP contribution < -0.4 is 5.32 Å². The van der Waals surface area contributed by atoms with E-state index in [0.29, 0.717) is 41.5 Å². The minimum Gasteiger partial charge on any atom is -0.351 e. The maximum absolute atomic E-state index is 12.9. The number of carbonyl (C=O) groups is 1. The number of alkyl halides is 3. The highest BCUT2D eigenvalue weighted by molar-refractivity contribution is 5.94. The Labute approximate surface area is 140 Å². The van der Waals surface area contributed by atoms with E-state index in [2.05, 4.69) is 20.3 Å². The van der Waals surface area contributed by atoms with Gasteiger partial charge in [0.1, 0.15) is 5.69 Å². The van der Waals surface area contributed by atoms with E-state index in [4.69, 9.17) is 0 Å². The molecule has 6 nitrogen and oxygen atoms in total. The van der Waals surface area contributed by atoms with Crippen molar-refractivity contribution in [3.8, 4) is 11.6 Å². The number of carbonyl (C=O) groups excluding carboxylic acids is 1. The summed E-state index contributed by atoms with van der Waals surface area (Å²) in [4.78, 5) is 23.7. The molecule has 3 aromatic rings. The van der Waals surface area contributed by atoms with Crippen molar-refractivity contribution in [2.24, 2.45) is 7.05 Å². The molecule has 0 atom stereocenters. The van der Waals surface area contributed by atoms with Crippen LogP contribution in [0.5, 0.6) is 0 Å². The number of nitrogens with zero attached hydrogens (tertiary/aromatic N) is 3. The number of hydrogen-bond donors (Lipinski definition) is 2. The first kappa shape index (κ1) is 15.7. The van der Waals surface area contributed by atoms with Crippen LogP contribution >= 0.6 is 0 Å². The van der Waals surface area contributed by atoms with Gasteiger partial charge in [-0.2, -0.15) is 13.2 Å². The third-order valence-electron chi connectivity index (χ3n) is 4.30. The lowest BCUT2D eigenvalue weighted by Crippen LogP contribution is -2.23. The van der Waals surface area contributed by atoms with Crippen molar-refractivity contribution in [2.75, 3.05) is 6.54 Å². The quantitative estimate of drug-likeness (QED) is 0.709. The molecule has 0 radical (unpaired) electrons. The number of amides is 1. The van der Waals surface area contributed by atoms with Crippen LogP contribution in [-0.2, 0) is 19.6 Å². The summed E-state index contributed by atoms with van der Waals surface area (Å²) in [6.07, 6.45) is -2.97. The summed E-state index contributed by atoms with van der Waals surface area (Å²) < 4.78 is 40.3. The Hall–Kier alpha value is -2.84. The third-order valence-corrected chi connectivity index (χ3v) is 4.30. The Morgan fingerprint density at radius 3 is 2.80 bits per heavy atom. The average Bonchev–Trinajstić information content (AvgIpc) is 3.07. The van der Waals surface area contributed by atoms with Crippen molar-refractivity contribution in [1.29, 1.82) is 0 Å².